The molecule has 0 bridgehead atoms. The summed E-state index contributed by atoms with van der Waals surface area (Å²) in [5, 5.41) is 10.2. The molecule has 0 spiro atoms. The first kappa shape index (κ1) is 11.3. The van der Waals surface area contributed by atoms with E-state index in [0.29, 0.717) is 18.1 Å². The number of ether oxygens (including phenoxy) is 1. The first-order valence-corrected chi connectivity index (χ1v) is 5.17. The highest BCUT2D eigenvalue weighted by atomic mass is 35.5. The van der Waals surface area contributed by atoms with Gasteiger partial charge in [0.1, 0.15) is 5.75 Å². The summed E-state index contributed by atoms with van der Waals surface area (Å²) < 4.78 is 5.29. The van der Waals surface area contributed by atoms with Gasteiger partial charge in [-0.3, -0.25) is 0 Å². The molecule has 0 fully saturated rings. The zero-order chi connectivity index (χ0) is 10.6. The van der Waals surface area contributed by atoms with E-state index in [4.69, 9.17) is 16.3 Å². The molecule has 14 heavy (non-hydrogen) atoms. The molecule has 1 unspecified atom stereocenters. The van der Waals surface area contributed by atoms with E-state index in [0.717, 1.165) is 11.3 Å². The van der Waals surface area contributed by atoms with Crippen molar-refractivity contribution in [3.63, 3.8) is 0 Å². The van der Waals surface area contributed by atoms with Crippen molar-refractivity contribution in [2.24, 2.45) is 0 Å². The van der Waals surface area contributed by atoms with Crippen molar-refractivity contribution in [2.75, 3.05) is 6.61 Å². The van der Waals surface area contributed by atoms with Crippen LogP contribution in [0, 0.1) is 0 Å². The minimum absolute atomic E-state index is 0.488. The molecule has 0 heterocycles. The number of rotatable bonds is 4. The largest absolute Gasteiger partial charge is 0.494 e. The van der Waals surface area contributed by atoms with Crippen molar-refractivity contribution in [1.82, 2.24) is 0 Å². The lowest BCUT2D eigenvalue weighted by molar-refractivity contribution is 0.173. The molecule has 1 aromatic rings. The molecule has 3 heteroatoms. The van der Waals surface area contributed by atoms with Crippen LogP contribution < -0.4 is 4.74 Å². The van der Waals surface area contributed by atoms with E-state index in [-0.39, 0.29) is 0 Å². The van der Waals surface area contributed by atoms with E-state index in [1.54, 1.807) is 6.07 Å². The van der Waals surface area contributed by atoms with Crippen LogP contribution in [-0.2, 0) is 0 Å². The van der Waals surface area contributed by atoms with Gasteiger partial charge in [-0.1, -0.05) is 24.6 Å². The fourth-order valence-electron chi connectivity index (χ4n) is 1.25. The molecular formula is C11H15ClO2. The van der Waals surface area contributed by atoms with Gasteiger partial charge >= 0.3 is 0 Å². The predicted molar refractivity (Wildman–Crippen MR) is 57.9 cm³/mol. The lowest BCUT2D eigenvalue weighted by Gasteiger charge is -2.11. The van der Waals surface area contributed by atoms with Crippen LogP contribution in [0.5, 0.6) is 5.75 Å². The zero-order valence-corrected chi connectivity index (χ0v) is 9.21. The first-order valence-electron chi connectivity index (χ1n) is 4.79. The van der Waals surface area contributed by atoms with E-state index in [9.17, 15) is 5.11 Å². The van der Waals surface area contributed by atoms with Crippen molar-refractivity contribution in [1.29, 1.82) is 0 Å². The number of benzene rings is 1. The minimum atomic E-state index is -0.488. The van der Waals surface area contributed by atoms with Crippen LogP contribution in [0.3, 0.4) is 0 Å². The summed E-state index contributed by atoms with van der Waals surface area (Å²) >= 11 is 6.00. The maximum Gasteiger partial charge on any atom is 0.120 e. The van der Waals surface area contributed by atoms with Crippen LogP contribution in [0.25, 0.3) is 0 Å². The van der Waals surface area contributed by atoms with Crippen LogP contribution in [0.15, 0.2) is 18.2 Å². The number of halogens is 1. The van der Waals surface area contributed by atoms with E-state index >= 15 is 0 Å². The summed E-state index contributed by atoms with van der Waals surface area (Å²) in [7, 11) is 0. The maximum atomic E-state index is 9.61. The molecule has 78 valence electrons. The SMILES string of the molecule is CCOc1ccc(C(O)CC)c(Cl)c1. The Hall–Kier alpha value is -0.730. The summed E-state index contributed by atoms with van der Waals surface area (Å²) in [6.07, 6.45) is 0.173. The molecule has 0 aromatic heterocycles. The third-order valence-electron chi connectivity index (χ3n) is 2.03. The number of aliphatic hydroxyl groups excluding tert-OH is 1. The van der Waals surface area contributed by atoms with Gasteiger partial charge in [-0.2, -0.15) is 0 Å². The van der Waals surface area contributed by atoms with Crippen molar-refractivity contribution < 1.29 is 9.84 Å². The Bertz CT molecular complexity index is 299. The molecule has 0 aliphatic carbocycles. The quantitative estimate of drug-likeness (QED) is 0.834. The smallest absolute Gasteiger partial charge is 0.120 e. The Balaban J connectivity index is 2.89. The normalized spacial score (nSPS) is 12.6. The van der Waals surface area contributed by atoms with Gasteiger partial charge in [0.05, 0.1) is 17.7 Å². The van der Waals surface area contributed by atoms with Gasteiger partial charge in [0.25, 0.3) is 0 Å². The van der Waals surface area contributed by atoms with E-state index in [2.05, 4.69) is 0 Å². The molecule has 1 N–H and O–H groups in total. The molecule has 1 aromatic carbocycles. The van der Waals surface area contributed by atoms with Crippen molar-refractivity contribution in [3.05, 3.63) is 28.8 Å². The summed E-state index contributed by atoms with van der Waals surface area (Å²) in [4.78, 5) is 0. The maximum absolute atomic E-state index is 9.61. The molecule has 0 amide bonds. The molecule has 0 aliphatic heterocycles. The fourth-order valence-corrected chi connectivity index (χ4v) is 1.55. The van der Waals surface area contributed by atoms with E-state index in [1.807, 2.05) is 26.0 Å². The van der Waals surface area contributed by atoms with Crippen LogP contribution in [0.4, 0.5) is 0 Å². The summed E-state index contributed by atoms with van der Waals surface area (Å²) in [6.45, 7) is 4.45. The molecule has 0 saturated heterocycles. The van der Waals surface area contributed by atoms with Gasteiger partial charge < -0.3 is 9.84 Å². The van der Waals surface area contributed by atoms with Crippen LogP contribution >= 0.6 is 11.6 Å². The Kier molecular flexibility index (Phi) is 4.23. The van der Waals surface area contributed by atoms with Crippen molar-refractivity contribution in [2.45, 2.75) is 26.4 Å². The summed E-state index contributed by atoms with van der Waals surface area (Å²) in [5.74, 6) is 0.740. The Morgan fingerprint density at radius 2 is 2.14 bits per heavy atom. The van der Waals surface area contributed by atoms with E-state index in [1.165, 1.54) is 0 Å². The molecule has 1 atom stereocenters. The molecule has 0 aliphatic rings. The van der Waals surface area contributed by atoms with Crippen molar-refractivity contribution in [3.8, 4) is 5.75 Å². The average Bonchev–Trinajstić information content (AvgIpc) is 2.17. The van der Waals surface area contributed by atoms with Gasteiger partial charge in [0.2, 0.25) is 0 Å². The van der Waals surface area contributed by atoms with Gasteiger partial charge in [-0.05, 0) is 31.0 Å². The standard InChI is InChI=1S/C11H15ClO2/c1-3-11(13)9-6-5-8(14-4-2)7-10(9)12/h5-7,11,13H,3-4H2,1-2H3. The van der Waals surface area contributed by atoms with Gasteiger partial charge in [0.15, 0.2) is 0 Å². The second kappa shape index (κ2) is 5.23. The second-order valence-electron chi connectivity index (χ2n) is 3.04. The number of aliphatic hydroxyl groups is 1. The summed E-state index contributed by atoms with van der Waals surface area (Å²) in [6, 6.07) is 5.37. The molecule has 0 radical (unpaired) electrons. The third kappa shape index (κ3) is 2.63. The highest BCUT2D eigenvalue weighted by Crippen LogP contribution is 2.28. The lowest BCUT2D eigenvalue weighted by Crippen LogP contribution is -1.97. The first-order chi connectivity index (χ1) is 6.69. The topological polar surface area (TPSA) is 29.5 Å². The number of hydrogen-bond acceptors (Lipinski definition) is 2. The van der Waals surface area contributed by atoms with Crippen LogP contribution in [0.1, 0.15) is 31.9 Å². The molecule has 1 rings (SSSR count). The fraction of sp³-hybridized carbons (Fsp3) is 0.455. The van der Waals surface area contributed by atoms with Gasteiger partial charge in [-0.15, -0.1) is 0 Å². The van der Waals surface area contributed by atoms with Crippen LogP contribution in [0.2, 0.25) is 5.02 Å². The Morgan fingerprint density at radius 3 is 2.64 bits per heavy atom. The van der Waals surface area contributed by atoms with Crippen LogP contribution in [-0.4, -0.2) is 11.7 Å². The van der Waals surface area contributed by atoms with E-state index < -0.39 is 6.10 Å². The molecular weight excluding hydrogens is 200 g/mol. The highest BCUT2D eigenvalue weighted by molar-refractivity contribution is 6.31. The molecule has 2 nitrogen and oxygen atoms in total. The highest BCUT2D eigenvalue weighted by Gasteiger charge is 2.09. The minimum Gasteiger partial charge on any atom is -0.494 e. The summed E-state index contributed by atoms with van der Waals surface area (Å²) in [5.41, 5.74) is 0.762. The lowest BCUT2D eigenvalue weighted by atomic mass is 10.1. The second-order valence-corrected chi connectivity index (χ2v) is 3.45. The zero-order valence-electron chi connectivity index (χ0n) is 8.46. The monoisotopic (exact) mass is 214 g/mol. The molecule has 0 saturated carbocycles. The Morgan fingerprint density at radius 1 is 1.43 bits per heavy atom. The van der Waals surface area contributed by atoms with Gasteiger partial charge in [0, 0.05) is 0 Å². The number of hydrogen-bond donors (Lipinski definition) is 1. The predicted octanol–water partition coefficient (Wildman–Crippen LogP) is 3.18. The third-order valence-corrected chi connectivity index (χ3v) is 2.36. The average molecular weight is 215 g/mol. The van der Waals surface area contributed by atoms with Gasteiger partial charge in [-0.25, -0.2) is 0 Å². The Labute approximate surface area is 89.5 Å². The van der Waals surface area contributed by atoms with Crippen molar-refractivity contribution >= 4 is 11.6 Å².